The zero-order chi connectivity index (χ0) is 23.3. The molecule has 1 aromatic heterocycles. The number of ether oxygens (including phenoxy) is 1. The maximum Gasteiger partial charge on any atom is 0.328 e. The summed E-state index contributed by atoms with van der Waals surface area (Å²) in [4.78, 5) is 53.4. The van der Waals surface area contributed by atoms with E-state index in [1.54, 1.807) is 6.07 Å². The quantitative estimate of drug-likeness (QED) is 0.348. The first kappa shape index (κ1) is 23.3. The number of anilines is 1. The van der Waals surface area contributed by atoms with E-state index in [0.29, 0.717) is 25.2 Å². The number of hydrogen-bond acceptors (Lipinski definition) is 5. The fourth-order valence-electron chi connectivity index (χ4n) is 3.95. The summed E-state index contributed by atoms with van der Waals surface area (Å²) in [5.41, 5.74) is 0.869. The molecule has 1 aliphatic heterocycles. The second-order valence-corrected chi connectivity index (χ2v) is 8.54. The molecule has 9 heteroatoms. The fourth-order valence-corrected chi connectivity index (χ4v) is 3.95. The monoisotopic (exact) mass is 442 g/mol. The number of aromatic amines is 1. The first-order valence-corrected chi connectivity index (χ1v) is 10.8. The Labute approximate surface area is 186 Å². The van der Waals surface area contributed by atoms with Gasteiger partial charge in [-0.1, -0.05) is 32.0 Å². The first-order chi connectivity index (χ1) is 15.3. The fraction of sp³-hybridized carbons (Fsp3) is 0.478. The molecule has 2 heterocycles. The summed E-state index contributed by atoms with van der Waals surface area (Å²) in [6.07, 6.45) is 1.01. The molecule has 3 atom stereocenters. The molecule has 1 aromatic carbocycles. The number of amides is 3. The predicted molar refractivity (Wildman–Crippen MR) is 120 cm³/mol. The summed E-state index contributed by atoms with van der Waals surface area (Å²) in [6, 6.07) is 8.39. The van der Waals surface area contributed by atoms with Crippen molar-refractivity contribution in [1.29, 1.82) is 0 Å². The maximum absolute atomic E-state index is 13.1. The van der Waals surface area contributed by atoms with Crippen molar-refractivity contribution in [3.63, 3.8) is 0 Å². The molecule has 4 N–H and O–H groups in total. The third kappa shape index (κ3) is 5.66. The van der Waals surface area contributed by atoms with Crippen LogP contribution in [-0.2, 0) is 23.9 Å². The summed E-state index contributed by atoms with van der Waals surface area (Å²) in [7, 11) is 1.23. The van der Waals surface area contributed by atoms with Crippen LogP contribution < -0.4 is 16.0 Å². The van der Waals surface area contributed by atoms with Gasteiger partial charge in [-0.15, -0.1) is 0 Å². The van der Waals surface area contributed by atoms with Crippen LogP contribution in [0.3, 0.4) is 0 Å². The highest BCUT2D eigenvalue weighted by Crippen LogP contribution is 2.21. The van der Waals surface area contributed by atoms with E-state index < -0.39 is 29.7 Å². The summed E-state index contributed by atoms with van der Waals surface area (Å²) < 4.78 is 4.82. The van der Waals surface area contributed by atoms with Gasteiger partial charge in [0.15, 0.2) is 0 Å². The number of benzene rings is 1. The Morgan fingerprint density at radius 3 is 2.56 bits per heavy atom. The van der Waals surface area contributed by atoms with Crippen LogP contribution >= 0.6 is 0 Å². The number of nitrogens with one attached hydrogen (secondary N) is 4. The minimum absolute atomic E-state index is 0.0661. The molecule has 9 nitrogen and oxygen atoms in total. The number of aromatic nitrogens is 1. The normalized spacial score (nSPS) is 17.6. The molecule has 0 bridgehead atoms. The predicted octanol–water partition coefficient (Wildman–Crippen LogP) is 1.95. The molecule has 0 spiro atoms. The van der Waals surface area contributed by atoms with Crippen LogP contribution in [-0.4, -0.2) is 48.4 Å². The lowest BCUT2D eigenvalue weighted by atomic mass is 9.93. The van der Waals surface area contributed by atoms with E-state index in [0.717, 1.165) is 10.9 Å². The molecule has 0 radical (unpaired) electrons. The zero-order valence-electron chi connectivity index (χ0n) is 18.6. The molecule has 2 aromatic rings. The first-order valence-electron chi connectivity index (χ1n) is 10.8. The van der Waals surface area contributed by atoms with Crippen LogP contribution in [0.5, 0.6) is 0 Å². The van der Waals surface area contributed by atoms with Crippen molar-refractivity contribution >= 4 is 40.4 Å². The van der Waals surface area contributed by atoms with Crippen molar-refractivity contribution in [1.82, 2.24) is 15.6 Å². The van der Waals surface area contributed by atoms with Gasteiger partial charge in [0, 0.05) is 23.4 Å². The Balaban J connectivity index is 1.73. The molecule has 1 fully saturated rings. The summed E-state index contributed by atoms with van der Waals surface area (Å²) >= 11 is 0. The van der Waals surface area contributed by atoms with Gasteiger partial charge in [0.05, 0.1) is 7.11 Å². The van der Waals surface area contributed by atoms with Crippen molar-refractivity contribution in [3.8, 4) is 0 Å². The second kappa shape index (κ2) is 10.3. The summed E-state index contributed by atoms with van der Waals surface area (Å²) in [5.74, 6) is -2.66. The summed E-state index contributed by atoms with van der Waals surface area (Å²) in [6.45, 7) is 4.36. The third-order valence-corrected chi connectivity index (χ3v) is 5.61. The molecule has 0 saturated carbocycles. The van der Waals surface area contributed by atoms with E-state index in [4.69, 9.17) is 4.74 Å². The lowest BCUT2D eigenvalue weighted by molar-refractivity contribution is -0.147. The Bertz CT molecular complexity index is 966. The Morgan fingerprint density at radius 1 is 1.19 bits per heavy atom. The largest absolute Gasteiger partial charge is 0.467 e. The number of methoxy groups -OCH3 is 1. The van der Waals surface area contributed by atoms with Crippen LogP contribution in [0.15, 0.2) is 30.3 Å². The number of esters is 1. The van der Waals surface area contributed by atoms with Crippen molar-refractivity contribution in [2.45, 2.75) is 39.2 Å². The average molecular weight is 443 g/mol. The Hall–Kier alpha value is -3.36. The molecule has 3 rings (SSSR count). The minimum atomic E-state index is -1.01. The number of carbonyl (C=O) groups excluding carboxylic acids is 4. The van der Waals surface area contributed by atoms with Gasteiger partial charge in [-0.05, 0) is 37.3 Å². The molecule has 1 aliphatic rings. The van der Waals surface area contributed by atoms with Crippen LogP contribution in [0.1, 0.15) is 33.1 Å². The molecule has 3 amide bonds. The van der Waals surface area contributed by atoms with Crippen molar-refractivity contribution in [2.75, 3.05) is 19.0 Å². The SMILES string of the molecule is COC(=O)[C@H](C[C@@H]1CCNC1=O)NC(=O)[C@H](CC(C)C)C(=O)Nc1cc2ccccc2[nH]1. The van der Waals surface area contributed by atoms with E-state index in [9.17, 15) is 19.2 Å². The van der Waals surface area contributed by atoms with Gasteiger partial charge in [0.25, 0.3) is 0 Å². The van der Waals surface area contributed by atoms with Crippen molar-refractivity contribution < 1.29 is 23.9 Å². The number of hydrogen-bond donors (Lipinski definition) is 4. The highest BCUT2D eigenvalue weighted by Gasteiger charge is 2.35. The van der Waals surface area contributed by atoms with E-state index in [1.165, 1.54) is 7.11 Å². The standard InChI is InChI=1S/C23H30N4O5/c1-13(2)10-16(22(30)27-19-12-14-6-4-5-7-17(14)25-19)21(29)26-18(23(31)32-3)11-15-8-9-24-20(15)28/h4-7,12-13,15-16,18,25H,8-11H2,1-3H3,(H,24,28)(H,26,29)(H,27,30)/t15-,16-,18-/m0/s1. The molecule has 0 unspecified atom stereocenters. The number of rotatable bonds is 9. The molecule has 32 heavy (non-hydrogen) atoms. The Morgan fingerprint density at radius 2 is 1.94 bits per heavy atom. The number of carbonyl (C=O) groups is 4. The molecule has 1 saturated heterocycles. The van der Waals surface area contributed by atoms with E-state index in [-0.39, 0.29) is 24.2 Å². The number of para-hydroxylation sites is 1. The second-order valence-electron chi connectivity index (χ2n) is 8.54. The van der Waals surface area contributed by atoms with Gasteiger partial charge in [-0.25, -0.2) is 4.79 Å². The maximum atomic E-state index is 13.1. The molecular formula is C23H30N4O5. The highest BCUT2D eigenvalue weighted by atomic mass is 16.5. The molecular weight excluding hydrogens is 412 g/mol. The van der Waals surface area contributed by atoms with Gasteiger partial charge in [0.1, 0.15) is 17.8 Å². The Kier molecular flexibility index (Phi) is 7.50. The number of H-pyrrole nitrogens is 1. The van der Waals surface area contributed by atoms with E-state index >= 15 is 0 Å². The van der Waals surface area contributed by atoms with Gasteiger partial charge in [-0.3, -0.25) is 14.4 Å². The van der Waals surface area contributed by atoms with Crippen molar-refractivity contribution in [2.24, 2.45) is 17.8 Å². The van der Waals surface area contributed by atoms with Crippen LogP contribution in [0.25, 0.3) is 10.9 Å². The van der Waals surface area contributed by atoms with Gasteiger partial charge in [0.2, 0.25) is 17.7 Å². The number of fused-ring (bicyclic) bond motifs is 1. The van der Waals surface area contributed by atoms with Gasteiger partial charge >= 0.3 is 5.97 Å². The van der Waals surface area contributed by atoms with E-state index in [1.807, 2.05) is 38.1 Å². The van der Waals surface area contributed by atoms with Crippen LogP contribution in [0, 0.1) is 17.8 Å². The zero-order valence-corrected chi connectivity index (χ0v) is 18.6. The van der Waals surface area contributed by atoms with Gasteiger partial charge in [-0.2, -0.15) is 0 Å². The minimum Gasteiger partial charge on any atom is -0.467 e. The lowest BCUT2D eigenvalue weighted by Crippen LogP contribution is -2.48. The highest BCUT2D eigenvalue weighted by molar-refractivity contribution is 6.07. The third-order valence-electron chi connectivity index (χ3n) is 5.61. The molecule has 172 valence electrons. The average Bonchev–Trinajstić information content (AvgIpc) is 3.35. The van der Waals surface area contributed by atoms with Crippen LogP contribution in [0.4, 0.5) is 5.82 Å². The van der Waals surface area contributed by atoms with E-state index in [2.05, 4.69) is 20.9 Å². The van der Waals surface area contributed by atoms with Gasteiger partial charge < -0.3 is 25.7 Å². The lowest BCUT2D eigenvalue weighted by Gasteiger charge is -2.23. The smallest absolute Gasteiger partial charge is 0.328 e. The van der Waals surface area contributed by atoms with Crippen LogP contribution in [0.2, 0.25) is 0 Å². The summed E-state index contributed by atoms with van der Waals surface area (Å²) in [5, 5.41) is 9.09. The van der Waals surface area contributed by atoms with Crippen molar-refractivity contribution in [3.05, 3.63) is 30.3 Å². The topological polar surface area (TPSA) is 129 Å². The molecule has 0 aliphatic carbocycles.